The molecule has 0 heterocycles. The molecule has 7 heteroatoms. The fraction of sp³-hybridized carbons (Fsp3) is 0.0714. The summed E-state index contributed by atoms with van der Waals surface area (Å²) >= 11 is 9.03. The average molecular weight is 367 g/mol. The molecule has 0 aromatic heterocycles. The van der Waals surface area contributed by atoms with Crippen LogP contribution < -0.4 is 5.32 Å². The third-order valence-corrected chi connectivity index (χ3v) is 3.70. The zero-order valence-electron chi connectivity index (χ0n) is 10.6. The minimum absolute atomic E-state index is 0.000834. The van der Waals surface area contributed by atoms with Gasteiger partial charge in [0.2, 0.25) is 0 Å². The lowest BCUT2D eigenvalue weighted by Gasteiger charge is -2.09. The summed E-state index contributed by atoms with van der Waals surface area (Å²) < 4.78 is 0.428. The maximum Gasteiger partial charge on any atom is 0.283 e. The molecule has 0 bridgehead atoms. The number of nitriles is 1. The molecule has 21 heavy (non-hydrogen) atoms. The van der Waals surface area contributed by atoms with E-state index in [0.29, 0.717) is 27.3 Å². The zero-order valence-corrected chi connectivity index (χ0v) is 13.0. The van der Waals surface area contributed by atoms with Gasteiger partial charge in [0.1, 0.15) is 6.07 Å². The van der Waals surface area contributed by atoms with Gasteiger partial charge in [0.05, 0.1) is 20.6 Å². The van der Waals surface area contributed by atoms with E-state index in [1.807, 2.05) is 0 Å². The number of hydrogen-bond donors (Lipinski definition) is 1. The van der Waals surface area contributed by atoms with Gasteiger partial charge in [0.25, 0.3) is 5.69 Å². The Morgan fingerprint density at radius 3 is 2.76 bits per heavy atom. The Morgan fingerprint density at radius 2 is 2.10 bits per heavy atom. The maximum atomic E-state index is 10.9. The van der Waals surface area contributed by atoms with Crippen LogP contribution in [0.5, 0.6) is 0 Å². The number of nitrogens with one attached hydrogen (secondary N) is 1. The Hall–Kier alpha value is -2.10. The number of rotatable bonds is 4. The Labute approximate surface area is 134 Å². The first-order valence-corrected chi connectivity index (χ1v) is 7.04. The summed E-state index contributed by atoms with van der Waals surface area (Å²) in [5.41, 5.74) is 1.79. The molecular weight excluding hydrogens is 358 g/mol. The summed E-state index contributed by atoms with van der Waals surface area (Å²) in [7, 11) is 0. The topological polar surface area (TPSA) is 79.0 Å². The van der Waals surface area contributed by atoms with Crippen LogP contribution in [0.4, 0.5) is 11.4 Å². The minimum atomic E-state index is -0.451. The molecule has 0 aliphatic heterocycles. The lowest BCUT2D eigenvalue weighted by atomic mass is 10.1. The average Bonchev–Trinajstić information content (AvgIpc) is 2.46. The van der Waals surface area contributed by atoms with Crippen molar-refractivity contribution in [1.82, 2.24) is 0 Å². The van der Waals surface area contributed by atoms with Gasteiger partial charge < -0.3 is 5.32 Å². The lowest BCUT2D eigenvalue weighted by Crippen LogP contribution is -2.02. The predicted molar refractivity (Wildman–Crippen MR) is 84.3 cm³/mol. The molecule has 0 amide bonds. The van der Waals surface area contributed by atoms with Crippen molar-refractivity contribution in [2.75, 3.05) is 5.32 Å². The van der Waals surface area contributed by atoms with E-state index in [9.17, 15) is 10.1 Å². The summed E-state index contributed by atoms with van der Waals surface area (Å²) in [6.07, 6.45) is 0. The quantitative estimate of drug-likeness (QED) is 0.638. The van der Waals surface area contributed by atoms with Gasteiger partial charge in [0, 0.05) is 17.6 Å². The van der Waals surface area contributed by atoms with Gasteiger partial charge in [-0.3, -0.25) is 10.1 Å². The second kappa shape index (κ2) is 6.57. The molecule has 2 aromatic rings. The van der Waals surface area contributed by atoms with E-state index < -0.39 is 4.92 Å². The first-order chi connectivity index (χ1) is 10.0. The van der Waals surface area contributed by atoms with E-state index in [1.165, 1.54) is 6.07 Å². The molecule has 106 valence electrons. The van der Waals surface area contributed by atoms with Crippen molar-refractivity contribution >= 4 is 38.9 Å². The van der Waals surface area contributed by atoms with Gasteiger partial charge in [-0.05, 0) is 45.8 Å². The highest BCUT2D eigenvalue weighted by molar-refractivity contribution is 9.10. The van der Waals surface area contributed by atoms with Gasteiger partial charge in [0.15, 0.2) is 0 Å². The van der Waals surface area contributed by atoms with Crippen molar-refractivity contribution < 1.29 is 4.92 Å². The molecule has 0 unspecified atom stereocenters. The Bertz CT molecular complexity index is 743. The summed E-state index contributed by atoms with van der Waals surface area (Å²) in [6, 6.07) is 11.8. The van der Waals surface area contributed by atoms with Crippen LogP contribution in [0.25, 0.3) is 0 Å². The van der Waals surface area contributed by atoms with E-state index in [0.717, 1.165) is 5.56 Å². The van der Waals surface area contributed by atoms with E-state index >= 15 is 0 Å². The standard InChI is InChI=1S/C14H9BrClN3O2/c15-12-4-1-9(5-14(12)19(20)21)8-18-13-6-11(16)3-2-10(13)7-17/h1-6,18H,8H2. The van der Waals surface area contributed by atoms with Crippen molar-refractivity contribution in [3.05, 3.63) is 67.1 Å². The number of nitro groups is 1. The molecule has 0 saturated carbocycles. The number of hydrogen-bond acceptors (Lipinski definition) is 4. The fourth-order valence-electron chi connectivity index (χ4n) is 1.77. The summed E-state index contributed by atoms with van der Waals surface area (Å²) in [6.45, 7) is 0.350. The van der Waals surface area contributed by atoms with E-state index in [2.05, 4.69) is 27.3 Å². The number of nitro benzene ring substituents is 1. The van der Waals surface area contributed by atoms with Crippen LogP contribution in [0.3, 0.4) is 0 Å². The molecule has 5 nitrogen and oxygen atoms in total. The lowest BCUT2D eigenvalue weighted by molar-refractivity contribution is -0.385. The Kier molecular flexibility index (Phi) is 4.78. The van der Waals surface area contributed by atoms with E-state index in [4.69, 9.17) is 16.9 Å². The molecule has 2 rings (SSSR count). The van der Waals surface area contributed by atoms with Crippen LogP contribution in [-0.4, -0.2) is 4.92 Å². The first kappa shape index (κ1) is 15.3. The second-order valence-corrected chi connectivity index (χ2v) is 5.49. The highest BCUT2D eigenvalue weighted by Gasteiger charge is 2.12. The monoisotopic (exact) mass is 365 g/mol. The van der Waals surface area contributed by atoms with Crippen LogP contribution in [-0.2, 0) is 6.54 Å². The second-order valence-electron chi connectivity index (χ2n) is 4.20. The number of benzene rings is 2. The first-order valence-electron chi connectivity index (χ1n) is 5.87. The summed E-state index contributed by atoms with van der Waals surface area (Å²) in [5, 5.41) is 23.5. The van der Waals surface area contributed by atoms with Crippen molar-refractivity contribution in [3.63, 3.8) is 0 Å². The van der Waals surface area contributed by atoms with Crippen LogP contribution in [0, 0.1) is 21.4 Å². The Balaban J connectivity index is 2.21. The van der Waals surface area contributed by atoms with Gasteiger partial charge in [-0.2, -0.15) is 5.26 Å². The molecule has 0 aliphatic carbocycles. The van der Waals surface area contributed by atoms with Crippen molar-refractivity contribution in [2.24, 2.45) is 0 Å². The molecule has 0 spiro atoms. The number of nitrogens with zero attached hydrogens (tertiary/aromatic N) is 2. The summed E-state index contributed by atoms with van der Waals surface area (Å²) in [5.74, 6) is 0. The predicted octanol–water partition coefficient (Wildman–Crippen LogP) is 4.49. The summed E-state index contributed by atoms with van der Waals surface area (Å²) in [4.78, 5) is 10.4. The SMILES string of the molecule is N#Cc1ccc(Cl)cc1NCc1ccc(Br)c([N+](=O)[O-])c1. The highest BCUT2D eigenvalue weighted by atomic mass is 79.9. The molecule has 0 saturated heterocycles. The maximum absolute atomic E-state index is 10.9. The van der Waals surface area contributed by atoms with E-state index in [-0.39, 0.29) is 5.69 Å². The zero-order chi connectivity index (χ0) is 15.4. The molecule has 0 fully saturated rings. The van der Waals surface area contributed by atoms with Crippen molar-refractivity contribution in [2.45, 2.75) is 6.54 Å². The minimum Gasteiger partial charge on any atom is -0.380 e. The Morgan fingerprint density at radius 1 is 1.33 bits per heavy atom. The van der Waals surface area contributed by atoms with Gasteiger partial charge in [-0.1, -0.05) is 17.7 Å². The van der Waals surface area contributed by atoms with Crippen LogP contribution in [0.1, 0.15) is 11.1 Å². The van der Waals surface area contributed by atoms with Crippen LogP contribution in [0.15, 0.2) is 40.9 Å². The molecule has 1 N–H and O–H groups in total. The van der Waals surface area contributed by atoms with Crippen molar-refractivity contribution in [1.29, 1.82) is 5.26 Å². The van der Waals surface area contributed by atoms with Crippen molar-refractivity contribution in [3.8, 4) is 6.07 Å². The van der Waals surface area contributed by atoms with Gasteiger partial charge >= 0.3 is 0 Å². The van der Waals surface area contributed by atoms with Gasteiger partial charge in [-0.25, -0.2) is 0 Å². The molecule has 0 atom stereocenters. The third-order valence-electron chi connectivity index (χ3n) is 2.79. The largest absolute Gasteiger partial charge is 0.380 e. The molecule has 0 aliphatic rings. The van der Waals surface area contributed by atoms with Crippen LogP contribution in [0.2, 0.25) is 5.02 Å². The normalized spacial score (nSPS) is 9.95. The van der Waals surface area contributed by atoms with E-state index in [1.54, 1.807) is 30.3 Å². The third kappa shape index (κ3) is 3.72. The molecule has 2 aromatic carbocycles. The number of halogens is 2. The highest BCUT2D eigenvalue weighted by Crippen LogP contribution is 2.26. The smallest absolute Gasteiger partial charge is 0.283 e. The fourth-order valence-corrected chi connectivity index (χ4v) is 2.33. The molecular formula is C14H9BrClN3O2. The van der Waals surface area contributed by atoms with Crippen LogP contribution >= 0.6 is 27.5 Å². The van der Waals surface area contributed by atoms with Gasteiger partial charge in [-0.15, -0.1) is 0 Å². The molecule has 0 radical (unpaired) electrons. The number of anilines is 1.